The number of pyridine rings is 1. The molecule has 12 heavy (non-hydrogen) atoms. The standard InChI is InChI=1S/C7H4BN3O/c8-5-1-4-2-10-7(12)11-6(4)9-3-5/h1-3H,(H,9,10,11,12). The van der Waals surface area contributed by atoms with Crippen LogP contribution >= 0.6 is 0 Å². The Morgan fingerprint density at radius 2 is 2.17 bits per heavy atom. The highest BCUT2D eigenvalue weighted by molar-refractivity contribution is 6.32. The fourth-order valence-electron chi connectivity index (χ4n) is 0.963. The summed E-state index contributed by atoms with van der Waals surface area (Å²) >= 11 is 0. The second kappa shape index (κ2) is 2.44. The largest absolute Gasteiger partial charge is 0.346 e. The zero-order chi connectivity index (χ0) is 8.55. The summed E-state index contributed by atoms with van der Waals surface area (Å²) in [5, 5.41) is 0.731. The summed E-state index contributed by atoms with van der Waals surface area (Å²) in [6, 6.07) is 1.70. The van der Waals surface area contributed by atoms with Crippen molar-refractivity contribution < 1.29 is 0 Å². The first-order chi connectivity index (χ1) is 5.75. The third-order valence-electron chi connectivity index (χ3n) is 1.48. The molecule has 0 unspecified atom stereocenters. The van der Waals surface area contributed by atoms with E-state index in [1.54, 1.807) is 6.07 Å². The minimum atomic E-state index is -0.403. The third-order valence-corrected chi connectivity index (χ3v) is 1.48. The number of rotatable bonds is 0. The lowest BCUT2D eigenvalue weighted by molar-refractivity contribution is 1.10. The van der Waals surface area contributed by atoms with Gasteiger partial charge in [0.05, 0.1) is 0 Å². The maximum Gasteiger partial charge on any atom is 0.346 e. The predicted octanol–water partition coefficient (Wildman–Crippen LogP) is -0.888. The number of fused-ring (bicyclic) bond motifs is 1. The molecule has 1 N–H and O–H groups in total. The molecule has 2 radical (unpaired) electrons. The van der Waals surface area contributed by atoms with Crippen LogP contribution in [-0.4, -0.2) is 22.8 Å². The number of aromatic amines is 1. The molecule has 2 rings (SSSR count). The van der Waals surface area contributed by atoms with Crippen LogP contribution in [0.2, 0.25) is 0 Å². The van der Waals surface area contributed by atoms with Gasteiger partial charge in [0.25, 0.3) is 0 Å². The summed E-state index contributed by atoms with van der Waals surface area (Å²) < 4.78 is 0. The first kappa shape index (κ1) is 7.03. The van der Waals surface area contributed by atoms with Crippen molar-refractivity contribution in [1.82, 2.24) is 15.0 Å². The van der Waals surface area contributed by atoms with Gasteiger partial charge < -0.3 is 0 Å². The molecule has 0 spiro atoms. The molecule has 2 aromatic rings. The molecular formula is C7H4BN3O. The van der Waals surface area contributed by atoms with Gasteiger partial charge in [-0.1, -0.05) is 11.5 Å². The average Bonchev–Trinajstić information content (AvgIpc) is 2.05. The van der Waals surface area contributed by atoms with Crippen LogP contribution in [0.25, 0.3) is 11.0 Å². The number of nitrogens with one attached hydrogen (secondary N) is 1. The number of hydrogen-bond acceptors (Lipinski definition) is 3. The lowest BCUT2D eigenvalue weighted by Gasteiger charge is -1.95. The van der Waals surface area contributed by atoms with E-state index in [9.17, 15) is 4.79 Å². The first-order valence-corrected chi connectivity index (χ1v) is 3.36. The topological polar surface area (TPSA) is 58.6 Å². The van der Waals surface area contributed by atoms with Crippen molar-refractivity contribution in [3.05, 3.63) is 28.9 Å². The Morgan fingerprint density at radius 1 is 1.33 bits per heavy atom. The van der Waals surface area contributed by atoms with Crippen molar-refractivity contribution in [1.29, 1.82) is 0 Å². The Balaban J connectivity index is 2.87. The second-order valence-electron chi connectivity index (χ2n) is 2.39. The molecule has 0 aliphatic heterocycles. The molecule has 0 amide bonds. The Morgan fingerprint density at radius 3 is 3.00 bits per heavy atom. The van der Waals surface area contributed by atoms with Gasteiger partial charge in [-0.15, -0.1) is 0 Å². The van der Waals surface area contributed by atoms with Crippen LogP contribution in [0.1, 0.15) is 0 Å². The van der Waals surface area contributed by atoms with Crippen LogP contribution in [0.4, 0.5) is 0 Å². The fourth-order valence-corrected chi connectivity index (χ4v) is 0.963. The molecule has 0 atom stereocenters. The molecule has 0 aliphatic rings. The molecule has 4 nitrogen and oxygen atoms in total. The van der Waals surface area contributed by atoms with Gasteiger partial charge in [-0.2, -0.15) is 0 Å². The van der Waals surface area contributed by atoms with Gasteiger partial charge in [-0.3, -0.25) is 4.98 Å². The van der Waals surface area contributed by atoms with Crippen LogP contribution in [-0.2, 0) is 0 Å². The molecule has 0 saturated carbocycles. The van der Waals surface area contributed by atoms with Crippen molar-refractivity contribution in [2.24, 2.45) is 0 Å². The van der Waals surface area contributed by atoms with E-state index in [1.165, 1.54) is 12.4 Å². The monoisotopic (exact) mass is 157 g/mol. The van der Waals surface area contributed by atoms with Gasteiger partial charge >= 0.3 is 5.69 Å². The minimum absolute atomic E-state index is 0.403. The maximum absolute atomic E-state index is 10.7. The summed E-state index contributed by atoms with van der Waals surface area (Å²) in [5.74, 6) is 0. The van der Waals surface area contributed by atoms with E-state index in [2.05, 4.69) is 15.0 Å². The Labute approximate surface area is 69.1 Å². The predicted molar refractivity (Wildman–Crippen MR) is 45.5 cm³/mol. The molecule has 0 fully saturated rings. The van der Waals surface area contributed by atoms with Crippen LogP contribution in [0.3, 0.4) is 0 Å². The number of hydrogen-bond donors (Lipinski definition) is 1. The molecule has 0 aromatic carbocycles. The average molecular weight is 157 g/mol. The highest BCUT2D eigenvalue weighted by Crippen LogP contribution is 1.99. The summed E-state index contributed by atoms with van der Waals surface area (Å²) in [6.45, 7) is 0. The van der Waals surface area contributed by atoms with E-state index < -0.39 is 5.69 Å². The van der Waals surface area contributed by atoms with Gasteiger partial charge in [-0.25, -0.2) is 14.8 Å². The van der Waals surface area contributed by atoms with Crippen LogP contribution < -0.4 is 11.2 Å². The van der Waals surface area contributed by atoms with E-state index >= 15 is 0 Å². The Kier molecular flexibility index (Phi) is 1.43. The molecular weight excluding hydrogens is 153 g/mol. The zero-order valence-electron chi connectivity index (χ0n) is 6.11. The summed E-state index contributed by atoms with van der Waals surface area (Å²) in [4.78, 5) is 20.7. The second-order valence-corrected chi connectivity index (χ2v) is 2.39. The highest BCUT2D eigenvalue weighted by atomic mass is 16.1. The van der Waals surface area contributed by atoms with Crippen molar-refractivity contribution >= 4 is 24.3 Å². The first-order valence-electron chi connectivity index (χ1n) is 3.36. The van der Waals surface area contributed by atoms with Crippen molar-refractivity contribution in [3.8, 4) is 0 Å². The molecule has 56 valence electrons. The molecule has 2 heterocycles. The number of H-pyrrole nitrogens is 1. The summed E-state index contributed by atoms with van der Waals surface area (Å²) in [7, 11) is 5.48. The number of aromatic nitrogens is 3. The fraction of sp³-hybridized carbons (Fsp3) is 0. The Bertz CT molecular complexity index is 479. The van der Waals surface area contributed by atoms with E-state index in [0.717, 1.165) is 5.39 Å². The van der Waals surface area contributed by atoms with Crippen LogP contribution in [0.5, 0.6) is 0 Å². The molecule has 2 aromatic heterocycles. The smallest absolute Gasteiger partial charge is 0.290 e. The Hall–Kier alpha value is -1.65. The summed E-state index contributed by atoms with van der Waals surface area (Å²) in [5.41, 5.74) is 0.653. The van der Waals surface area contributed by atoms with E-state index in [-0.39, 0.29) is 0 Å². The molecule has 0 aliphatic carbocycles. The lowest BCUT2D eigenvalue weighted by atomic mass is 9.98. The molecule has 5 heteroatoms. The molecule has 0 bridgehead atoms. The van der Waals surface area contributed by atoms with Gasteiger partial charge in [-0.05, 0) is 0 Å². The SMILES string of the molecule is [B]c1cnc2[nH]c(=O)ncc2c1. The summed E-state index contributed by atoms with van der Waals surface area (Å²) in [6.07, 6.45) is 2.93. The number of nitrogens with zero attached hydrogens (tertiary/aromatic N) is 2. The van der Waals surface area contributed by atoms with E-state index in [4.69, 9.17) is 7.85 Å². The normalized spacial score (nSPS) is 10.3. The third kappa shape index (κ3) is 1.09. The van der Waals surface area contributed by atoms with Gasteiger partial charge in [0, 0.05) is 17.8 Å². The lowest BCUT2D eigenvalue weighted by Crippen LogP contribution is -2.11. The van der Waals surface area contributed by atoms with Crippen molar-refractivity contribution in [2.75, 3.05) is 0 Å². The van der Waals surface area contributed by atoms with E-state index in [1.807, 2.05) is 0 Å². The minimum Gasteiger partial charge on any atom is -0.290 e. The van der Waals surface area contributed by atoms with Gasteiger partial charge in [0.2, 0.25) is 0 Å². The van der Waals surface area contributed by atoms with E-state index in [0.29, 0.717) is 11.1 Å². The zero-order valence-corrected chi connectivity index (χ0v) is 6.11. The highest BCUT2D eigenvalue weighted by Gasteiger charge is 1.94. The quantitative estimate of drug-likeness (QED) is 0.504. The van der Waals surface area contributed by atoms with Crippen molar-refractivity contribution in [3.63, 3.8) is 0 Å². The van der Waals surface area contributed by atoms with Crippen molar-refractivity contribution in [2.45, 2.75) is 0 Å². The van der Waals surface area contributed by atoms with Gasteiger partial charge in [0.1, 0.15) is 13.5 Å². The van der Waals surface area contributed by atoms with Crippen LogP contribution in [0.15, 0.2) is 23.3 Å². The van der Waals surface area contributed by atoms with Crippen LogP contribution in [0, 0.1) is 0 Å². The van der Waals surface area contributed by atoms with Gasteiger partial charge in [0.15, 0.2) is 0 Å². The maximum atomic E-state index is 10.7. The molecule has 0 saturated heterocycles.